The molecule has 1 atom stereocenters. The van der Waals surface area contributed by atoms with E-state index in [4.69, 9.17) is 9.84 Å². The van der Waals surface area contributed by atoms with E-state index in [2.05, 4.69) is 13.0 Å². The van der Waals surface area contributed by atoms with Crippen molar-refractivity contribution in [2.24, 2.45) is 0 Å². The van der Waals surface area contributed by atoms with Crippen LogP contribution in [0.1, 0.15) is 37.0 Å². The molecule has 1 unspecified atom stereocenters. The fraction of sp³-hybridized carbons (Fsp3) is 0.357. The Hall–Kier alpha value is -1.77. The van der Waals surface area contributed by atoms with Gasteiger partial charge in [0.05, 0.1) is 6.10 Å². The van der Waals surface area contributed by atoms with Crippen molar-refractivity contribution in [2.75, 3.05) is 0 Å². The van der Waals surface area contributed by atoms with Gasteiger partial charge in [-0.25, -0.2) is 4.79 Å². The molecular weight excluding hydrogens is 216 g/mol. The smallest absolute Gasteiger partial charge is 0.339 e. The van der Waals surface area contributed by atoms with Crippen molar-refractivity contribution in [3.63, 3.8) is 0 Å². The Morgan fingerprint density at radius 2 is 2.12 bits per heavy atom. The van der Waals surface area contributed by atoms with Gasteiger partial charge in [-0.3, -0.25) is 0 Å². The summed E-state index contributed by atoms with van der Waals surface area (Å²) in [5.41, 5.74) is 0.207. The minimum atomic E-state index is -0.961. The summed E-state index contributed by atoms with van der Waals surface area (Å²) >= 11 is 0. The molecule has 1 rings (SSSR count). The van der Waals surface area contributed by atoms with E-state index in [0.717, 1.165) is 12.8 Å². The highest BCUT2D eigenvalue weighted by Crippen LogP contribution is 2.20. The molecular formula is C14H18O3. The second-order valence-corrected chi connectivity index (χ2v) is 3.85. The largest absolute Gasteiger partial charge is 0.489 e. The van der Waals surface area contributed by atoms with Crippen LogP contribution in [0, 0.1) is 0 Å². The molecule has 92 valence electrons. The number of hydrogen-bond acceptors (Lipinski definition) is 2. The van der Waals surface area contributed by atoms with Crippen LogP contribution in [-0.2, 0) is 0 Å². The average molecular weight is 234 g/mol. The second kappa shape index (κ2) is 6.74. The first-order chi connectivity index (χ1) is 8.15. The van der Waals surface area contributed by atoms with Gasteiger partial charge >= 0.3 is 5.97 Å². The van der Waals surface area contributed by atoms with E-state index in [1.54, 1.807) is 24.3 Å². The van der Waals surface area contributed by atoms with Crippen molar-refractivity contribution >= 4 is 5.97 Å². The van der Waals surface area contributed by atoms with Crippen LogP contribution in [0.3, 0.4) is 0 Å². The van der Waals surface area contributed by atoms with Gasteiger partial charge < -0.3 is 9.84 Å². The highest BCUT2D eigenvalue weighted by atomic mass is 16.5. The zero-order chi connectivity index (χ0) is 12.7. The molecule has 3 nitrogen and oxygen atoms in total. The van der Waals surface area contributed by atoms with Gasteiger partial charge in [0.1, 0.15) is 11.3 Å². The molecule has 0 aliphatic rings. The SMILES string of the molecule is CCC=CCC(C)Oc1ccccc1C(=O)O. The van der Waals surface area contributed by atoms with Gasteiger partial charge in [-0.2, -0.15) is 0 Å². The maximum absolute atomic E-state index is 11.0. The number of hydrogen-bond donors (Lipinski definition) is 1. The lowest BCUT2D eigenvalue weighted by Gasteiger charge is -2.14. The highest BCUT2D eigenvalue weighted by molar-refractivity contribution is 5.90. The monoisotopic (exact) mass is 234 g/mol. The van der Waals surface area contributed by atoms with Crippen molar-refractivity contribution in [1.82, 2.24) is 0 Å². The van der Waals surface area contributed by atoms with Crippen LogP contribution in [0.5, 0.6) is 5.75 Å². The molecule has 0 bridgehead atoms. The van der Waals surface area contributed by atoms with Gasteiger partial charge in [-0.05, 0) is 25.5 Å². The lowest BCUT2D eigenvalue weighted by Crippen LogP contribution is -2.13. The third-order valence-corrected chi connectivity index (χ3v) is 2.32. The van der Waals surface area contributed by atoms with Crippen molar-refractivity contribution in [2.45, 2.75) is 32.8 Å². The molecule has 1 aromatic rings. The quantitative estimate of drug-likeness (QED) is 0.766. The Morgan fingerprint density at radius 3 is 2.76 bits per heavy atom. The lowest BCUT2D eigenvalue weighted by molar-refractivity contribution is 0.0690. The summed E-state index contributed by atoms with van der Waals surface area (Å²) in [5, 5.41) is 9.00. The number of rotatable bonds is 6. The van der Waals surface area contributed by atoms with Gasteiger partial charge in [0.2, 0.25) is 0 Å². The zero-order valence-corrected chi connectivity index (χ0v) is 10.2. The molecule has 0 saturated heterocycles. The van der Waals surface area contributed by atoms with E-state index in [0.29, 0.717) is 5.75 Å². The van der Waals surface area contributed by atoms with E-state index in [-0.39, 0.29) is 11.7 Å². The van der Waals surface area contributed by atoms with Crippen LogP contribution >= 0.6 is 0 Å². The third kappa shape index (κ3) is 4.31. The van der Waals surface area contributed by atoms with E-state index in [9.17, 15) is 4.79 Å². The average Bonchev–Trinajstić information content (AvgIpc) is 2.29. The molecule has 3 heteroatoms. The molecule has 1 aromatic carbocycles. The fourth-order valence-electron chi connectivity index (χ4n) is 1.47. The topological polar surface area (TPSA) is 46.5 Å². The molecule has 1 N–H and O–H groups in total. The number of carboxylic acid groups (broad SMARTS) is 1. The number of aromatic carboxylic acids is 1. The standard InChI is InChI=1S/C14H18O3/c1-3-4-5-8-11(2)17-13-10-7-6-9-12(13)14(15)16/h4-7,9-11H,3,8H2,1-2H3,(H,15,16). The summed E-state index contributed by atoms with van der Waals surface area (Å²) in [7, 11) is 0. The molecule has 0 aliphatic carbocycles. The molecule has 0 saturated carbocycles. The molecule has 0 aliphatic heterocycles. The van der Waals surface area contributed by atoms with Crippen LogP contribution < -0.4 is 4.74 Å². The van der Waals surface area contributed by atoms with Gasteiger partial charge in [-0.15, -0.1) is 0 Å². The Kier molecular flexibility index (Phi) is 5.27. The molecule has 17 heavy (non-hydrogen) atoms. The molecule has 0 aromatic heterocycles. The van der Waals surface area contributed by atoms with Gasteiger partial charge in [-0.1, -0.05) is 31.2 Å². The minimum absolute atomic E-state index is 0.0294. The van der Waals surface area contributed by atoms with Crippen molar-refractivity contribution < 1.29 is 14.6 Å². The van der Waals surface area contributed by atoms with Crippen LogP contribution in [-0.4, -0.2) is 17.2 Å². The van der Waals surface area contributed by atoms with E-state index < -0.39 is 5.97 Å². The first kappa shape index (κ1) is 13.3. The van der Waals surface area contributed by atoms with E-state index in [1.165, 1.54) is 0 Å². The molecule has 0 spiro atoms. The number of allylic oxidation sites excluding steroid dienone is 1. The summed E-state index contributed by atoms with van der Waals surface area (Å²) in [4.78, 5) is 11.0. The summed E-state index contributed by atoms with van der Waals surface area (Å²) in [6.45, 7) is 4.00. The van der Waals surface area contributed by atoms with Gasteiger partial charge in [0.25, 0.3) is 0 Å². The first-order valence-corrected chi connectivity index (χ1v) is 5.79. The van der Waals surface area contributed by atoms with Crippen LogP contribution in [0.15, 0.2) is 36.4 Å². The number of carbonyl (C=O) groups is 1. The molecule has 0 fully saturated rings. The predicted molar refractivity (Wildman–Crippen MR) is 67.5 cm³/mol. The lowest BCUT2D eigenvalue weighted by atomic mass is 10.2. The van der Waals surface area contributed by atoms with Crippen LogP contribution in [0.4, 0.5) is 0 Å². The van der Waals surface area contributed by atoms with Crippen molar-refractivity contribution in [3.05, 3.63) is 42.0 Å². The van der Waals surface area contributed by atoms with E-state index >= 15 is 0 Å². The number of para-hydroxylation sites is 1. The van der Waals surface area contributed by atoms with Crippen molar-refractivity contribution in [3.8, 4) is 5.75 Å². The van der Waals surface area contributed by atoms with Gasteiger partial charge in [0.15, 0.2) is 0 Å². The fourth-order valence-corrected chi connectivity index (χ4v) is 1.47. The van der Waals surface area contributed by atoms with Gasteiger partial charge in [0, 0.05) is 6.42 Å². The normalized spacial score (nSPS) is 12.6. The third-order valence-electron chi connectivity index (χ3n) is 2.32. The maximum atomic E-state index is 11.0. The van der Waals surface area contributed by atoms with Crippen molar-refractivity contribution in [1.29, 1.82) is 0 Å². The Balaban J connectivity index is 2.67. The second-order valence-electron chi connectivity index (χ2n) is 3.85. The Morgan fingerprint density at radius 1 is 1.41 bits per heavy atom. The maximum Gasteiger partial charge on any atom is 0.339 e. The Bertz CT molecular complexity index is 396. The minimum Gasteiger partial charge on any atom is -0.489 e. The molecule has 0 heterocycles. The first-order valence-electron chi connectivity index (χ1n) is 5.79. The van der Waals surface area contributed by atoms with Crippen LogP contribution in [0.2, 0.25) is 0 Å². The number of ether oxygens (including phenoxy) is 1. The summed E-state index contributed by atoms with van der Waals surface area (Å²) in [6.07, 6.45) is 5.87. The summed E-state index contributed by atoms with van der Waals surface area (Å²) in [6, 6.07) is 6.70. The number of carboxylic acids is 1. The predicted octanol–water partition coefficient (Wildman–Crippen LogP) is 3.51. The molecule has 0 radical (unpaired) electrons. The summed E-state index contributed by atoms with van der Waals surface area (Å²) < 4.78 is 5.62. The Labute approximate surface area is 102 Å². The summed E-state index contributed by atoms with van der Waals surface area (Å²) in [5.74, 6) is -0.533. The van der Waals surface area contributed by atoms with E-state index in [1.807, 2.05) is 13.0 Å². The molecule has 0 amide bonds. The highest BCUT2D eigenvalue weighted by Gasteiger charge is 2.12. The van der Waals surface area contributed by atoms with Crippen LogP contribution in [0.25, 0.3) is 0 Å². The zero-order valence-electron chi connectivity index (χ0n) is 10.2. The number of benzene rings is 1.